The lowest BCUT2D eigenvalue weighted by Gasteiger charge is -2.06. The van der Waals surface area contributed by atoms with E-state index in [1.807, 2.05) is 6.07 Å². The molecule has 0 aliphatic rings. The molecule has 0 radical (unpaired) electrons. The summed E-state index contributed by atoms with van der Waals surface area (Å²) in [6.07, 6.45) is 1.33. The van der Waals surface area contributed by atoms with E-state index in [0.29, 0.717) is 12.3 Å². The molecule has 2 aromatic rings. The number of aromatic nitrogens is 1. The Morgan fingerprint density at radius 1 is 1.35 bits per heavy atom. The molecule has 0 spiro atoms. The third-order valence-corrected chi connectivity index (χ3v) is 2.33. The summed E-state index contributed by atoms with van der Waals surface area (Å²) >= 11 is 5.59. The fourth-order valence-electron chi connectivity index (χ4n) is 1.32. The maximum absolute atomic E-state index is 13.4. The fourth-order valence-corrected chi connectivity index (χ4v) is 1.47. The zero-order valence-electron chi connectivity index (χ0n) is 8.86. The molecule has 0 saturated heterocycles. The molecular weight excluding hydrogens is 243 g/mol. The van der Waals surface area contributed by atoms with E-state index in [1.54, 1.807) is 18.2 Å². The van der Waals surface area contributed by atoms with Crippen molar-refractivity contribution in [3.8, 4) is 11.6 Å². The maximum atomic E-state index is 13.4. The van der Waals surface area contributed by atoms with Crippen LogP contribution in [0.4, 0.5) is 4.39 Å². The summed E-state index contributed by atoms with van der Waals surface area (Å²) in [5.41, 5.74) is 6.40. The number of pyridine rings is 1. The summed E-state index contributed by atoms with van der Waals surface area (Å²) in [5, 5.41) is 0.227. The highest BCUT2D eigenvalue weighted by Crippen LogP contribution is 2.24. The molecular formula is C12H10ClFN2O. The monoisotopic (exact) mass is 252 g/mol. The zero-order valence-corrected chi connectivity index (χ0v) is 9.62. The number of hydrogen-bond acceptors (Lipinski definition) is 3. The Morgan fingerprint density at radius 3 is 2.88 bits per heavy atom. The molecule has 0 aliphatic heterocycles. The third kappa shape index (κ3) is 2.93. The molecule has 1 aromatic carbocycles. The van der Waals surface area contributed by atoms with Crippen molar-refractivity contribution in [1.82, 2.24) is 4.98 Å². The van der Waals surface area contributed by atoms with Gasteiger partial charge in [0.05, 0.1) is 5.02 Å². The average Bonchev–Trinajstić information content (AvgIpc) is 2.33. The number of nitrogens with zero attached hydrogens (tertiary/aromatic N) is 1. The average molecular weight is 253 g/mol. The van der Waals surface area contributed by atoms with Gasteiger partial charge in [-0.15, -0.1) is 0 Å². The Kier molecular flexibility index (Phi) is 3.56. The maximum Gasteiger partial charge on any atom is 0.255 e. The first-order valence-electron chi connectivity index (χ1n) is 4.97. The van der Waals surface area contributed by atoms with E-state index in [0.717, 1.165) is 11.6 Å². The Labute approximate surface area is 103 Å². The van der Waals surface area contributed by atoms with Gasteiger partial charge < -0.3 is 10.5 Å². The molecule has 0 aliphatic carbocycles. The van der Waals surface area contributed by atoms with Crippen LogP contribution in [0.25, 0.3) is 0 Å². The Hall–Kier alpha value is -1.65. The van der Waals surface area contributed by atoms with Crippen molar-refractivity contribution >= 4 is 11.6 Å². The third-order valence-electron chi connectivity index (χ3n) is 2.12. The number of ether oxygens (including phenoxy) is 1. The van der Waals surface area contributed by atoms with Crippen molar-refractivity contribution in [3.63, 3.8) is 0 Å². The summed E-state index contributed by atoms with van der Waals surface area (Å²) in [7, 11) is 0. The number of nitrogens with two attached hydrogens (primary N) is 1. The topological polar surface area (TPSA) is 48.1 Å². The molecule has 0 amide bonds. The molecule has 0 bridgehead atoms. The first-order chi connectivity index (χ1) is 8.19. The Balaban J connectivity index is 2.25. The van der Waals surface area contributed by atoms with Crippen molar-refractivity contribution in [2.75, 3.05) is 0 Å². The zero-order chi connectivity index (χ0) is 12.3. The van der Waals surface area contributed by atoms with Gasteiger partial charge in [-0.3, -0.25) is 0 Å². The smallest absolute Gasteiger partial charge is 0.255 e. The van der Waals surface area contributed by atoms with Crippen molar-refractivity contribution in [1.29, 1.82) is 0 Å². The molecule has 1 aromatic heterocycles. The van der Waals surface area contributed by atoms with Gasteiger partial charge in [-0.25, -0.2) is 9.37 Å². The lowest BCUT2D eigenvalue weighted by molar-refractivity contribution is 0.422. The predicted molar refractivity (Wildman–Crippen MR) is 63.6 cm³/mol. The van der Waals surface area contributed by atoms with Crippen LogP contribution in [0.1, 0.15) is 5.56 Å². The molecule has 0 saturated carbocycles. The number of benzene rings is 1. The van der Waals surface area contributed by atoms with Crippen LogP contribution in [0.3, 0.4) is 0 Å². The van der Waals surface area contributed by atoms with Gasteiger partial charge in [-0.1, -0.05) is 23.7 Å². The van der Waals surface area contributed by atoms with Crippen LogP contribution in [-0.2, 0) is 6.54 Å². The SMILES string of the molecule is NCc1cccc(Oc2ncc(Cl)cc2F)c1. The van der Waals surface area contributed by atoms with Crippen LogP contribution in [0.2, 0.25) is 5.02 Å². The standard InChI is InChI=1S/C12H10ClFN2O/c13-9-5-11(14)12(16-7-9)17-10-3-1-2-8(4-10)6-15/h1-5,7H,6,15H2. The molecule has 0 atom stereocenters. The quantitative estimate of drug-likeness (QED) is 0.913. The Bertz CT molecular complexity index is 534. The predicted octanol–water partition coefficient (Wildman–Crippen LogP) is 3.13. The van der Waals surface area contributed by atoms with Gasteiger partial charge in [0, 0.05) is 12.7 Å². The minimum Gasteiger partial charge on any atom is -0.436 e. The molecule has 0 fully saturated rings. The van der Waals surface area contributed by atoms with Crippen LogP contribution in [0.15, 0.2) is 36.5 Å². The Morgan fingerprint density at radius 2 is 2.18 bits per heavy atom. The second-order valence-electron chi connectivity index (χ2n) is 3.39. The van der Waals surface area contributed by atoms with Crippen molar-refractivity contribution < 1.29 is 9.13 Å². The molecule has 2 N–H and O–H groups in total. The van der Waals surface area contributed by atoms with Gasteiger partial charge in [-0.05, 0) is 23.8 Å². The van der Waals surface area contributed by atoms with E-state index in [2.05, 4.69) is 4.98 Å². The molecule has 88 valence electrons. The summed E-state index contributed by atoms with van der Waals surface area (Å²) < 4.78 is 18.7. The summed E-state index contributed by atoms with van der Waals surface area (Å²) in [6, 6.07) is 8.23. The second kappa shape index (κ2) is 5.12. The number of rotatable bonds is 3. The second-order valence-corrected chi connectivity index (χ2v) is 3.83. The van der Waals surface area contributed by atoms with Crippen LogP contribution in [0.5, 0.6) is 11.6 Å². The summed E-state index contributed by atoms with van der Waals surface area (Å²) in [5.74, 6) is -0.221. The first kappa shape index (κ1) is 11.8. The van der Waals surface area contributed by atoms with Crippen LogP contribution in [0, 0.1) is 5.82 Å². The molecule has 0 unspecified atom stereocenters. The minimum atomic E-state index is -0.601. The first-order valence-corrected chi connectivity index (χ1v) is 5.35. The van der Waals surface area contributed by atoms with Crippen molar-refractivity contribution in [2.45, 2.75) is 6.54 Å². The van der Waals surface area contributed by atoms with Crippen molar-refractivity contribution in [3.05, 3.63) is 52.9 Å². The summed E-state index contributed by atoms with van der Waals surface area (Å²) in [4.78, 5) is 3.77. The lowest BCUT2D eigenvalue weighted by atomic mass is 10.2. The summed E-state index contributed by atoms with van der Waals surface area (Å²) in [6.45, 7) is 0.397. The van der Waals surface area contributed by atoms with E-state index < -0.39 is 5.82 Å². The van der Waals surface area contributed by atoms with Crippen LogP contribution in [-0.4, -0.2) is 4.98 Å². The molecule has 2 rings (SSSR count). The molecule has 1 heterocycles. The van der Waals surface area contributed by atoms with Gasteiger partial charge >= 0.3 is 0 Å². The number of halogens is 2. The van der Waals surface area contributed by atoms with E-state index in [1.165, 1.54) is 6.20 Å². The lowest BCUT2D eigenvalue weighted by Crippen LogP contribution is -1.97. The molecule has 5 heteroatoms. The highest BCUT2D eigenvalue weighted by atomic mass is 35.5. The normalized spacial score (nSPS) is 10.3. The van der Waals surface area contributed by atoms with Crippen molar-refractivity contribution in [2.24, 2.45) is 5.73 Å². The van der Waals surface area contributed by atoms with Gasteiger partial charge in [0.25, 0.3) is 5.88 Å². The van der Waals surface area contributed by atoms with Gasteiger partial charge in [0.2, 0.25) is 0 Å². The minimum absolute atomic E-state index is 0.108. The van der Waals surface area contributed by atoms with E-state index in [9.17, 15) is 4.39 Å². The number of hydrogen-bond donors (Lipinski definition) is 1. The van der Waals surface area contributed by atoms with Crippen LogP contribution < -0.4 is 10.5 Å². The van der Waals surface area contributed by atoms with Crippen LogP contribution >= 0.6 is 11.6 Å². The largest absolute Gasteiger partial charge is 0.436 e. The highest BCUT2D eigenvalue weighted by Gasteiger charge is 2.07. The molecule has 3 nitrogen and oxygen atoms in total. The van der Waals surface area contributed by atoms with E-state index >= 15 is 0 Å². The fraction of sp³-hybridized carbons (Fsp3) is 0.0833. The molecule has 17 heavy (non-hydrogen) atoms. The van der Waals surface area contributed by atoms with E-state index in [4.69, 9.17) is 22.1 Å². The van der Waals surface area contributed by atoms with Gasteiger partial charge in [0.15, 0.2) is 5.82 Å². The van der Waals surface area contributed by atoms with Gasteiger partial charge in [0.1, 0.15) is 5.75 Å². The van der Waals surface area contributed by atoms with Gasteiger partial charge in [-0.2, -0.15) is 0 Å². The highest BCUT2D eigenvalue weighted by molar-refractivity contribution is 6.30. The van der Waals surface area contributed by atoms with E-state index in [-0.39, 0.29) is 10.9 Å².